The number of fused-ring (bicyclic) bond motifs is 2. The van der Waals surface area contributed by atoms with Gasteiger partial charge < -0.3 is 11.5 Å². The lowest BCUT2D eigenvalue weighted by Gasteiger charge is -2.19. The molecule has 0 aromatic carbocycles. The van der Waals surface area contributed by atoms with Crippen molar-refractivity contribution in [2.45, 2.75) is 25.8 Å². The Morgan fingerprint density at radius 2 is 2.10 bits per heavy atom. The molecular formula is C8H14N2. The third kappa shape index (κ3) is 0.574. The van der Waals surface area contributed by atoms with Crippen molar-refractivity contribution >= 4 is 0 Å². The molecule has 56 valence electrons. The van der Waals surface area contributed by atoms with Crippen LogP contribution in [0, 0.1) is 11.8 Å². The monoisotopic (exact) mass is 138 g/mol. The molecule has 0 aliphatic heterocycles. The Bertz CT molecular complexity index is 195. The maximum Gasteiger partial charge on any atom is 0.0141 e. The fourth-order valence-electron chi connectivity index (χ4n) is 2.31. The number of hydrogen-bond donors (Lipinski definition) is 2. The third-order valence-corrected chi connectivity index (χ3v) is 3.08. The van der Waals surface area contributed by atoms with Crippen LogP contribution in [-0.2, 0) is 0 Å². The summed E-state index contributed by atoms with van der Waals surface area (Å²) in [5.74, 6) is 1.24. The van der Waals surface area contributed by atoms with Gasteiger partial charge in [0.05, 0.1) is 0 Å². The topological polar surface area (TPSA) is 52.0 Å². The minimum absolute atomic E-state index is 0.355. The molecule has 0 saturated heterocycles. The van der Waals surface area contributed by atoms with Crippen LogP contribution >= 0.6 is 0 Å². The Kier molecular flexibility index (Phi) is 1.09. The zero-order valence-electron chi connectivity index (χ0n) is 6.30. The summed E-state index contributed by atoms with van der Waals surface area (Å²) < 4.78 is 0. The molecule has 0 aromatic rings. The smallest absolute Gasteiger partial charge is 0.0141 e. The second kappa shape index (κ2) is 1.76. The fourth-order valence-corrected chi connectivity index (χ4v) is 2.31. The number of rotatable bonds is 0. The molecule has 3 unspecified atom stereocenters. The first-order chi connectivity index (χ1) is 4.70. The van der Waals surface area contributed by atoms with Crippen LogP contribution < -0.4 is 11.5 Å². The van der Waals surface area contributed by atoms with Gasteiger partial charge in [-0.25, -0.2) is 0 Å². The van der Waals surface area contributed by atoms with Gasteiger partial charge in [-0.2, -0.15) is 0 Å². The largest absolute Gasteiger partial charge is 0.402 e. The van der Waals surface area contributed by atoms with Crippen LogP contribution in [0.4, 0.5) is 0 Å². The van der Waals surface area contributed by atoms with E-state index in [-0.39, 0.29) is 0 Å². The molecule has 3 atom stereocenters. The molecule has 2 rings (SSSR count). The van der Waals surface area contributed by atoms with Crippen LogP contribution in [0.15, 0.2) is 11.3 Å². The lowest BCUT2D eigenvalue weighted by atomic mass is 9.94. The molecule has 10 heavy (non-hydrogen) atoms. The molecule has 0 radical (unpaired) electrons. The van der Waals surface area contributed by atoms with Gasteiger partial charge in [-0.15, -0.1) is 0 Å². The van der Waals surface area contributed by atoms with E-state index in [9.17, 15) is 0 Å². The number of nitrogens with two attached hydrogens (primary N) is 2. The molecule has 2 bridgehead atoms. The van der Waals surface area contributed by atoms with Gasteiger partial charge in [0.1, 0.15) is 0 Å². The normalized spacial score (nSPS) is 45.2. The third-order valence-electron chi connectivity index (χ3n) is 3.08. The van der Waals surface area contributed by atoms with Crippen LogP contribution in [-0.4, -0.2) is 6.04 Å². The highest BCUT2D eigenvalue weighted by atomic mass is 14.8. The Labute approximate surface area is 61.3 Å². The summed E-state index contributed by atoms with van der Waals surface area (Å²) in [7, 11) is 0. The van der Waals surface area contributed by atoms with Crippen molar-refractivity contribution in [2.75, 3.05) is 0 Å². The highest BCUT2D eigenvalue weighted by molar-refractivity contribution is 5.27. The van der Waals surface area contributed by atoms with E-state index in [0.717, 1.165) is 18.0 Å². The second-order valence-corrected chi connectivity index (χ2v) is 3.58. The maximum atomic E-state index is 5.86. The minimum atomic E-state index is 0.355. The van der Waals surface area contributed by atoms with E-state index >= 15 is 0 Å². The van der Waals surface area contributed by atoms with Crippen LogP contribution in [0.3, 0.4) is 0 Å². The predicted octanol–water partition coefficient (Wildman–Crippen LogP) is 0.586. The van der Waals surface area contributed by atoms with Crippen molar-refractivity contribution in [2.24, 2.45) is 23.3 Å². The van der Waals surface area contributed by atoms with Gasteiger partial charge in [0.2, 0.25) is 0 Å². The zero-order chi connectivity index (χ0) is 7.30. The average Bonchev–Trinajstić information content (AvgIpc) is 2.36. The van der Waals surface area contributed by atoms with Crippen molar-refractivity contribution in [1.82, 2.24) is 0 Å². The van der Waals surface area contributed by atoms with E-state index in [1.807, 2.05) is 0 Å². The molecule has 0 heterocycles. The quantitative estimate of drug-likeness (QED) is 0.514. The Hall–Kier alpha value is -0.500. The van der Waals surface area contributed by atoms with Crippen LogP contribution in [0.1, 0.15) is 19.8 Å². The van der Waals surface area contributed by atoms with Crippen molar-refractivity contribution in [1.29, 1.82) is 0 Å². The summed E-state index contributed by atoms with van der Waals surface area (Å²) in [6, 6.07) is 0.355. The van der Waals surface area contributed by atoms with Crippen molar-refractivity contribution in [3.05, 3.63) is 11.3 Å². The van der Waals surface area contributed by atoms with Gasteiger partial charge in [-0.1, -0.05) is 5.57 Å². The first-order valence-electron chi connectivity index (χ1n) is 3.92. The molecule has 1 fully saturated rings. The van der Waals surface area contributed by atoms with Gasteiger partial charge in [0, 0.05) is 17.7 Å². The molecule has 1 saturated carbocycles. The first-order valence-corrected chi connectivity index (χ1v) is 3.92. The van der Waals surface area contributed by atoms with E-state index in [0.29, 0.717) is 12.0 Å². The first kappa shape index (κ1) is 6.23. The fraction of sp³-hybridized carbons (Fsp3) is 0.750. The van der Waals surface area contributed by atoms with Crippen LogP contribution in [0.5, 0.6) is 0 Å². The van der Waals surface area contributed by atoms with Crippen molar-refractivity contribution in [3.63, 3.8) is 0 Å². The standard InChI is InChI=1S/C8H14N2/c1-4-5-2-6(8(4)10)7(9)3-5/h5-7H,2-3,9-10H2,1H3. The Morgan fingerprint density at radius 1 is 1.40 bits per heavy atom. The van der Waals surface area contributed by atoms with Gasteiger partial charge in [0.15, 0.2) is 0 Å². The van der Waals surface area contributed by atoms with E-state index in [1.54, 1.807) is 0 Å². The van der Waals surface area contributed by atoms with Gasteiger partial charge in [0.25, 0.3) is 0 Å². The van der Waals surface area contributed by atoms with Crippen molar-refractivity contribution < 1.29 is 0 Å². The minimum Gasteiger partial charge on any atom is -0.402 e. The lowest BCUT2D eigenvalue weighted by Crippen LogP contribution is -2.30. The molecule has 2 aliphatic carbocycles. The molecule has 2 heteroatoms. The molecule has 0 aromatic heterocycles. The van der Waals surface area contributed by atoms with Crippen molar-refractivity contribution in [3.8, 4) is 0 Å². The SMILES string of the molecule is CC1=C(N)C2CC1CC2N. The maximum absolute atomic E-state index is 5.86. The molecular weight excluding hydrogens is 124 g/mol. The van der Waals surface area contributed by atoms with E-state index in [2.05, 4.69) is 6.92 Å². The summed E-state index contributed by atoms with van der Waals surface area (Å²) in [4.78, 5) is 0. The lowest BCUT2D eigenvalue weighted by molar-refractivity contribution is 0.537. The molecule has 4 N–H and O–H groups in total. The Balaban J connectivity index is 2.34. The summed E-state index contributed by atoms with van der Waals surface area (Å²) in [6.45, 7) is 2.14. The van der Waals surface area contributed by atoms with Gasteiger partial charge >= 0.3 is 0 Å². The van der Waals surface area contributed by atoms with E-state index < -0.39 is 0 Å². The molecule has 2 aliphatic rings. The average molecular weight is 138 g/mol. The summed E-state index contributed by atoms with van der Waals surface area (Å²) in [5, 5.41) is 0. The summed E-state index contributed by atoms with van der Waals surface area (Å²) in [6.07, 6.45) is 2.38. The highest BCUT2D eigenvalue weighted by Gasteiger charge is 2.41. The van der Waals surface area contributed by atoms with E-state index in [1.165, 1.54) is 12.0 Å². The Morgan fingerprint density at radius 3 is 2.50 bits per heavy atom. The molecule has 0 amide bonds. The van der Waals surface area contributed by atoms with Gasteiger partial charge in [-0.3, -0.25) is 0 Å². The van der Waals surface area contributed by atoms with Crippen LogP contribution in [0.2, 0.25) is 0 Å². The second-order valence-electron chi connectivity index (χ2n) is 3.58. The summed E-state index contributed by atoms with van der Waals surface area (Å²) in [5.41, 5.74) is 14.2. The highest BCUT2D eigenvalue weighted by Crippen LogP contribution is 2.45. The van der Waals surface area contributed by atoms with E-state index in [4.69, 9.17) is 11.5 Å². The summed E-state index contributed by atoms with van der Waals surface area (Å²) >= 11 is 0. The molecule has 2 nitrogen and oxygen atoms in total. The molecule has 0 spiro atoms. The number of hydrogen-bond acceptors (Lipinski definition) is 2. The van der Waals surface area contributed by atoms with Gasteiger partial charge in [-0.05, 0) is 25.7 Å². The zero-order valence-corrected chi connectivity index (χ0v) is 6.30. The van der Waals surface area contributed by atoms with Crippen LogP contribution in [0.25, 0.3) is 0 Å². The predicted molar refractivity (Wildman–Crippen MR) is 41.1 cm³/mol. The number of allylic oxidation sites excluding steroid dienone is 1.